The van der Waals surface area contributed by atoms with Crippen molar-refractivity contribution in [3.05, 3.63) is 12.2 Å². The van der Waals surface area contributed by atoms with Crippen LogP contribution in [0.15, 0.2) is 12.2 Å². The van der Waals surface area contributed by atoms with E-state index in [2.05, 4.69) is 11.4 Å². The summed E-state index contributed by atoms with van der Waals surface area (Å²) < 4.78 is 0. The molecule has 62 valence electrons. The predicted octanol–water partition coefficient (Wildman–Crippen LogP) is 0.625. The number of allylic oxidation sites excluding steroid dienone is 1. The van der Waals surface area contributed by atoms with Crippen LogP contribution in [0.25, 0.3) is 0 Å². The molecule has 3 nitrogen and oxygen atoms in total. The normalized spacial score (nSPS) is 31.4. The first-order valence-corrected chi connectivity index (χ1v) is 3.83. The van der Waals surface area contributed by atoms with E-state index in [9.17, 15) is 4.79 Å². The highest BCUT2D eigenvalue weighted by Crippen LogP contribution is 2.14. The van der Waals surface area contributed by atoms with E-state index in [1.165, 1.54) is 0 Å². The molecule has 0 aromatic rings. The highest BCUT2D eigenvalue weighted by atomic mass is 16.4. The summed E-state index contributed by atoms with van der Waals surface area (Å²) in [6.07, 6.45) is 4.74. The second-order valence-corrected chi connectivity index (χ2v) is 2.82. The zero-order valence-electron chi connectivity index (χ0n) is 6.58. The van der Waals surface area contributed by atoms with Gasteiger partial charge in [0.15, 0.2) is 0 Å². The molecule has 1 heterocycles. The minimum atomic E-state index is -0.739. The molecule has 0 amide bonds. The monoisotopic (exact) mass is 155 g/mol. The fourth-order valence-electron chi connectivity index (χ4n) is 1.37. The zero-order chi connectivity index (χ0) is 8.27. The van der Waals surface area contributed by atoms with Gasteiger partial charge in [0.25, 0.3) is 0 Å². The van der Waals surface area contributed by atoms with Crippen molar-refractivity contribution in [2.24, 2.45) is 5.92 Å². The summed E-state index contributed by atoms with van der Waals surface area (Å²) in [6.45, 7) is 2.75. The smallest absolute Gasteiger partial charge is 0.320 e. The summed E-state index contributed by atoms with van der Waals surface area (Å²) in [6, 6.07) is -0.337. The number of aliphatic carboxylic acids is 1. The van der Waals surface area contributed by atoms with Crippen molar-refractivity contribution >= 4 is 5.97 Å². The molecule has 0 radical (unpaired) electrons. The summed E-state index contributed by atoms with van der Waals surface area (Å²) >= 11 is 0. The number of hydrogen-bond acceptors (Lipinski definition) is 2. The molecular formula is C8H13NO2. The molecule has 2 N–H and O–H groups in total. The van der Waals surface area contributed by atoms with Gasteiger partial charge in [0, 0.05) is 6.54 Å². The van der Waals surface area contributed by atoms with Crippen LogP contribution in [0, 0.1) is 5.92 Å². The average Bonchev–Trinajstić information content (AvgIpc) is 2.37. The van der Waals surface area contributed by atoms with Gasteiger partial charge in [-0.05, 0) is 19.3 Å². The number of hydrogen-bond donors (Lipinski definition) is 2. The van der Waals surface area contributed by atoms with Gasteiger partial charge in [-0.2, -0.15) is 0 Å². The number of carboxylic acid groups (broad SMARTS) is 1. The average molecular weight is 155 g/mol. The molecule has 0 aromatic heterocycles. The van der Waals surface area contributed by atoms with Gasteiger partial charge in [0.1, 0.15) is 6.04 Å². The summed E-state index contributed by atoms with van der Waals surface area (Å²) in [5.41, 5.74) is 0. The molecule has 11 heavy (non-hydrogen) atoms. The second kappa shape index (κ2) is 3.53. The number of nitrogens with one attached hydrogen (secondary N) is 1. The van der Waals surface area contributed by atoms with Gasteiger partial charge >= 0.3 is 5.97 Å². The molecule has 1 aliphatic rings. The van der Waals surface area contributed by atoms with Crippen LogP contribution in [0.5, 0.6) is 0 Å². The Morgan fingerprint density at radius 3 is 2.91 bits per heavy atom. The quantitative estimate of drug-likeness (QED) is 0.575. The van der Waals surface area contributed by atoms with Crippen LogP contribution in [0.3, 0.4) is 0 Å². The molecule has 1 rings (SSSR count). The molecule has 2 atom stereocenters. The molecule has 0 aliphatic carbocycles. The molecule has 1 aliphatic heterocycles. The van der Waals surface area contributed by atoms with Crippen LogP contribution in [-0.2, 0) is 4.79 Å². The predicted molar refractivity (Wildman–Crippen MR) is 42.3 cm³/mol. The van der Waals surface area contributed by atoms with Gasteiger partial charge < -0.3 is 10.4 Å². The summed E-state index contributed by atoms with van der Waals surface area (Å²) in [4.78, 5) is 10.5. The van der Waals surface area contributed by atoms with Crippen LogP contribution in [-0.4, -0.2) is 23.7 Å². The first-order valence-electron chi connectivity index (χ1n) is 3.83. The van der Waals surface area contributed by atoms with Gasteiger partial charge in [-0.15, -0.1) is 0 Å². The fourth-order valence-corrected chi connectivity index (χ4v) is 1.37. The van der Waals surface area contributed by atoms with Gasteiger partial charge in [0.05, 0.1) is 0 Å². The Kier molecular flexibility index (Phi) is 2.65. The third-order valence-electron chi connectivity index (χ3n) is 1.93. The van der Waals surface area contributed by atoms with Crippen LogP contribution < -0.4 is 5.32 Å². The van der Waals surface area contributed by atoms with E-state index in [4.69, 9.17) is 5.11 Å². The van der Waals surface area contributed by atoms with E-state index in [0.717, 1.165) is 13.0 Å². The highest BCUT2D eigenvalue weighted by molar-refractivity contribution is 5.73. The van der Waals surface area contributed by atoms with Gasteiger partial charge in [-0.1, -0.05) is 12.2 Å². The summed E-state index contributed by atoms with van der Waals surface area (Å²) in [5, 5.41) is 11.6. The lowest BCUT2D eigenvalue weighted by molar-refractivity contribution is -0.139. The van der Waals surface area contributed by atoms with Crippen LogP contribution in [0.2, 0.25) is 0 Å². The Morgan fingerprint density at radius 2 is 2.45 bits per heavy atom. The van der Waals surface area contributed by atoms with Gasteiger partial charge in [0.2, 0.25) is 0 Å². The van der Waals surface area contributed by atoms with E-state index in [-0.39, 0.29) is 6.04 Å². The summed E-state index contributed by atoms with van der Waals surface area (Å²) in [7, 11) is 0. The molecule has 0 bridgehead atoms. The zero-order valence-corrected chi connectivity index (χ0v) is 6.58. The third kappa shape index (κ3) is 2.05. The van der Waals surface area contributed by atoms with Crippen LogP contribution >= 0.6 is 0 Å². The lowest BCUT2D eigenvalue weighted by Gasteiger charge is -2.00. The third-order valence-corrected chi connectivity index (χ3v) is 1.93. The topological polar surface area (TPSA) is 49.3 Å². The van der Waals surface area contributed by atoms with E-state index < -0.39 is 5.97 Å². The van der Waals surface area contributed by atoms with Crippen molar-refractivity contribution in [2.75, 3.05) is 6.54 Å². The van der Waals surface area contributed by atoms with Crippen molar-refractivity contribution in [2.45, 2.75) is 19.4 Å². The van der Waals surface area contributed by atoms with Crippen molar-refractivity contribution in [3.63, 3.8) is 0 Å². The highest BCUT2D eigenvalue weighted by Gasteiger charge is 2.26. The first-order chi connectivity index (χ1) is 5.24. The van der Waals surface area contributed by atoms with Crippen molar-refractivity contribution < 1.29 is 9.90 Å². The van der Waals surface area contributed by atoms with Crippen molar-refractivity contribution in [1.29, 1.82) is 0 Å². The standard InChI is InChI=1S/C8H13NO2/c1-2-3-6-4-7(8(10)11)9-5-6/h2-3,6-7,9H,4-5H2,1H3,(H,10,11)/b3-2-/t6-,7-/m0/s1. The lowest BCUT2D eigenvalue weighted by Crippen LogP contribution is -2.29. The minimum Gasteiger partial charge on any atom is -0.480 e. The Bertz CT molecular complexity index is 177. The molecule has 1 fully saturated rings. The maximum atomic E-state index is 10.5. The molecule has 3 heteroatoms. The molecule has 0 aromatic carbocycles. The van der Waals surface area contributed by atoms with E-state index in [1.54, 1.807) is 0 Å². The van der Waals surface area contributed by atoms with Gasteiger partial charge in [-0.3, -0.25) is 4.79 Å². The van der Waals surface area contributed by atoms with E-state index >= 15 is 0 Å². The van der Waals surface area contributed by atoms with Crippen molar-refractivity contribution in [1.82, 2.24) is 5.32 Å². The SMILES string of the molecule is C/C=C\[C@@H]1CN[C@H](C(=O)O)C1. The fraction of sp³-hybridized carbons (Fsp3) is 0.625. The maximum Gasteiger partial charge on any atom is 0.320 e. The largest absolute Gasteiger partial charge is 0.480 e. The minimum absolute atomic E-state index is 0.337. The number of rotatable bonds is 2. The van der Waals surface area contributed by atoms with E-state index in [1.807, 2.05) is 13.0 Å². The maximum absolute atomic E-state index is 10.5. The molecule has 0 spiro atoms. The molecule has 0 unspecified atom stereocenters. The Balaban J connectivity index is 2.40. The van der Waals surface area contributed by atoms with Gasteiger partial charge in [-0.25, -0.2) is 0 Å². The molecular weight excluding hydrogens is 142 g/mol. The second-order valence-electron chi connectivity index (χ2n) is 2.82. The van der Waals surface area contributed by atoms with Crippen LogP contribution in [0.1, 0.15) is 13.3 Å². The Hall–Kier alpha value is -0.830. The van der Waals surface area contributed by atoms with E-state index in [0.29, 0.717) is 5.92 Å². The Labute approximate surface area is 66.1 Å². The molecule has 1 saturated heterocycles. The van der Waals surface area contributed by atoms with Crippen molar-refractivity contribution in [3.8, 4) is 0 Å². The molecule has 0 saturated carbocycles. The number of carbonyl (C=O) groups is 1. The Morgan fingerprint density at radius 1 is 1.73 bits per heavy atom. The summed E-state index contributed by atoms with van der Waals surface area (Å²) in [5.74, 6) is -0.335. The first kappa shape index (κ1) is 8.27. The van der Waals surface area contributed by atoms with Crippen LogP contribution in [0.4, 0.5) is 0 Å². The lowest BCUT2D eigenvalue weighted by atomic mass is 10.1. The number of carboxylic acids is 1.